The minimum Gasteiger partial charge on any atom is -0.383 e. The smallest absolute Gasteiger partial charge is 0.290 e. The monoisotopic (exact) mass is 391 g/mol. The number of thiocarbonyl (C=S) groups is 1. The van der Waals surface area contributed by atoms with Gasteiger partial charge in [0.1, 0.15) is 0 Å². The van der Waals surface area contributed by atoms with Gasteiger partial charge in [0.05, 0.1) is 12.0 Å². The molecule has 0 bridgehead atoms. The molecule has 146 valence electrons. The van der Waals surface area contributed by atoms with Crippen molar-refractivity contribution in [1.82, 2.24) is 25.9 Å². The van der Waals surface area contributed by atoms with Crippen LogP contribution >= 0.6 is 12.2 Å². The van der Waals surface area contributed by atoms with Gasteiger partial charge >= 0.3 is 0 Å². The van der Waals surface area contributed by atoms with Crippen molar-refractivity contribution >= 4 is 34.0 Å². The number of nitrogens with one attached hydrogen (secondary N) is 3. The number of ether oxygens (including phenoxy) is 1. The number of fused-ring (bicyclic) bond motifs is 1. The van der Waals surface area contributed by atoms with Gasteiger partial charge in [-0.15, -0.1) is 0 Å². The van der Waals surface area contributed by atoms with E-state index in [1.54, 1.807) is 31.4 Å². The Kier molecular flexibility index (Phi) is 7.26. The second-order valence-corrected chi connectivity index (χ2v) is 7.09. The minimum absolute atomic E-state index is 0.0150. The third-order valence-electron chi connectivity index (χ3n) is 3.70. The van der Waals surface area contributed by atoms with Crippen LogP contribution in [0.4, 0.5) is 0 Å². The van der Waals surface area contributed by atoms with E-state index >= 15 is 0 Å². The van der Waals surface area contributed by atoms with Crippen LogP contribution in [0.15, 0.2) is 29.1 Å². The predicted molar refractivity (Wildman–Crippen MR) is 109 cm³/mol. The Morgan fingerprint density at radius 2 is 1.89 bits per heavy atom. The van der Waals surface area contributed by atoms with Gasteiger partial charge in [0.2, 0.25) is 0 Å². The number of aromatic nitrogens is 2. The fourth-order valence-corrected chi connectivity index (χ4v) is 2.85. The molecule has 3 N–H and O–H groups in total. The molecule has 1 atom stereocenters. The highest BCUT2D eigenvalue weighted by atomic mass is 32.1. The van der Waals surface area contributed by atoms with Crippen molar-refractivity contribution in [2.45, 2.75) is 33.4 Å². The molecular formula is C18H25N5O3S. The van der Waals surface area contributed by atoms with E-state index in [0.717, 1.165) is 0 Å². The standard InChI is InChI=1S/C18H25N5O3S/c1-11(2)9-23-17(25)14-8-6-5-7-13(14)15(22-23)16(24)20-21-18(27)19-12(3)10-26-4/h5-8,11-12H,9-10H2,1-4H3,(H,20,24)(H2,19,21,27)/t12-/m1/s1. The average Bonchev–Trinajstić information content (AvgIpc) is 2.62. The molecule has 1 aromatic heterocycles. The van der Waals surface area contributed by atoms with E-state index in [2.05, 4.69) is 21.3 Å². The summed E-state index contributed by atoms with van der Waals surface area (Å²) in [6.45, 7) is 6.76. The van der Waals surface area contributed by atoms with Crippen molar-refractivity contribution in [3.63, 3.8) is 0 Å². The van der Waals surface area contributed by atoms with E-state index < -0.39 is 5.91 Å². The first-order valence-electron chi connectivity index (χ1n) is 8.69. The van der Waals surface area contributed by atoms with E-state index in [-0.39, 0.29) is 28.3 Å². The highest BCUT2D eigenvalue weighted by molar-refractivity contribution is 7.80. The first-order valence-corrected chi connectivity index (χ1v) is 9.10. The van der Waals surface area contributed by atoms with Crippen molar-refractivity contribution in [3.05, 3.63) is 40.3 Å². The number of benzene rings is 1. The number of hydrogen-bond donors (Lipinski definition) is 3. The average molecular weight is 391 g/mol. The number of carbonyl (C=O) groups is 1. The maximum absolute atomic E-state index is 12.7. The van der Waals surface area contributed by atoms with Crippen LogP contribution in [-0.4, -0.2) is 40.6 Å². The van der Waals surface area contributed by atoms with Crippen LogP contribution < -0.4 is 21.7 Å². The van der Waals surface area contributed by atoms with Crippen LogP contribution in [0.2, 0.25) is 0 Å². The Morgan fingerprint density at radius 1 is 1.22 bits per heavy atom. The molecule has 1 aromatic carbocycles. The molecule has 8 nitrogen and oxygen atoms in total. The molecule has 0 saturated carbocycles. The summed E-state index contributed by atoms with van der Waals surface area (Å²) in [4.78, 5) is 25.3. The molecule has 0 spiro atoms. The number of rotatable bonds is 6. The van der Waals surface area contributed by atoms with Gasteiger partial charge in [0.25, 0.3) is 11.5 Å². The summed E-state index contributed by atoms with van der Waals surface area (Å²) in [6, 6.07) is 6.91. The molecule has 27 heavy (non-hydrogen) atoms. The molecular weight excluding hydrogens is 366 g/mol. The Hall–Kier alpha value is -2.52. The topological polar surface area (TPSA) is 97.3 Å². The van der Waals surface area contributed by atoms with E-state index in [4.69, 9.17) is 17.0 Å². The molecule has 1 amide bonds. The number of methoxy groups -OCH3 is 1. The predicted octanol–water partition coefficient (Wildman–Crippen LogP) is 1.20. The molecule has 0 unspecified atom stereocenters. The normalized spacial score (nSPS) is 12.0. The van der Waals surface area contributed by atoms with Crippen molar-refractivity contribution in [2.75, 3.05) is 13.7 Å². The molecule has 2 rings (SSSR count). The maximum atomic E-state index is 12.7. The van der Waals surface area contributed by atoms with Gasteiger partial charge in [-0.2, -0.15) is 5.10 Å². The third kappa shape index (κ3) is 5.48. The van der Waals surface area contributed by atoms with Crippen LogP contribution in [0.3, 0.4) is 0 Å². The summed E-state index contributed by atoms with van der Waals surface area (Å²) in [5.41, 5.74) is 5.12. The number of hydrogen-bond acceptors (Lipinski definition) is 5. The highest BCUT2D eigenvalue weighted by Gasteiger charge is 2.17. The largest absolute Gasteiger partial charge is 0.383 e. The van der Waals surface area contributed by atoms with Crippen LogP contribution in [0.25, 0.3) is 10.8 Å². The summed E-state index contributed by atoms with van der Waals surface area (Å²) in [5.74, 6) is -0.267. The van der Waals surface area contributed by atoms with Crippen molar-refractivity contribution in [2.24, 2.45) is 5.92 Å². The Balaban J connectivity index is 2.23. The molecule has 0 aliphatic carbocycles. The van der Waals surface area contributed by atoms with Crippen LogP contribution in [0.1, 0.15) is 31.3 Å². The van der Waals surface area contributed by atoms with Gasteiger partial charge in [-0.05, 0) is 31.1 Å². The van der Waals surface area contributed by atoms with Crippen LogP contribution in [-0.2, 0) is 11.3 Å². The Bertz CT molecular complexity index is 881. The molecule has 9 heteroatoms. The summed E-state index contributed by atoms with van der Waals surface area (Å²) < 4.78 is 6.36. The molecule has 0 fully saturated rings. The molecule has 0 saturated heterocycles. The maximum Gasteiger partial charge on any atom is 0.290 e. The van der Waals surface area contributed by atoms with E-state index in [0.29, 0.717) is 23.9 Å². The van der Waals surface area contributed by atoms with E-state index in [9.17, 15) is 9.59 Å². The van der Waals surface area contributed by atoms with Crippen molar-refractivity contribution in [1.29, 1.82) is 0 Å². The van der Waals surface area contributed by atoms with Crippen molar-refractivity contribution in [3.8, 4) is 0 Å². The minimum atomic E-state index is -0.479. The lowest BCUT2D eigenvalue weighted by Gasteiger charge is -2.17. The molecule has 0 aliphatic heterocycles. The fraction of sp³-hybridized carbons (Fsp3) is 0.444. The summed E-state index contributed by atoms with van der Waals surface area (Å²) in [7, 11) is 1.60. The van der Waals surface area contributed by atoms with Gasteiger partial charge in [0.15, 0.2) is 10.8 Å². The van der Waals surface area contributed by atoms with Crippen LogP contribution in [0, 0.1) is 5.92 Å². The van der Waals surface area contributed by atoms with E-state index in [1.165, 1.54) is 4.68 Å². The summed E-state index contributed by atoms with van der Waals surface area (Å²) in [5, 5.41) is 8.46. The first-order chi connectivity index (χ1) is 12.8. The van der Waals surface area contributed by atoms with Gasteiger partial charge < -0.3 is 10.1 Å². The lowest BCUT2D eigenvalue weighted by atomic mass is 10.1. The van der Waals surface area contributed by atoms with Crippen molar-refractivity contribution < 1.29 is 9.53 Å². The lowest BCUT2D eigenvalue weighted by Crippen LogP contribution is -2.50. The number of hydrazine groups is 1. The van der Waals surface area contributed by atoms with Gasteiger partial charge in [-0.1, -0.05) is 32.0 Å². The SMILES string of the molecule is COC[C@@H](C)NC(=S)NNC(=O)c1nn(CC(C)C)c(=O)c2ccccc12. The first kappa shape index (κ1) is 20.8. The van der Waals surface area contributed by atoms with Gasteiger partial charge in [0, 0.05) is 25.1 Å². The fourth-order valence-electron chi connectivity index (χ4n) is 2.60. The number of carbonyl (C=O) groups excluding carboxylic acids is 1. The Morgan fingerprint density at radius 3 is 2.52 bits per heavy atom. The molecule has 0 radical (unpaired) electrons. The van der Waals surface area contributed by atoms with E-state index in [1.807, 2.05) is 20.8 Å². The number of nitrogens with zero attached hydrogens (tertiary/aromatic N) is 2. The van der Waals surface area contributed by atoms with Gasteiger partial charge in [-0.25, -0.2) is 4.68 Å². The molecule has 2 aromatic rings. The number of amides is 1. The zero-order chi connectivity index (χ0) is 20.0. The second-order valence-electron chi connectivity index (χ2n) is 6.68. The lowest BCUT2D eigenvalue weighted by molar-refractivity contribution is 0.0937. The summed E-state index contributed by atoms with van der Waals surface area (Å²) in [6.07, 6.45) is 0. The molecule has 0 aliphatic rings. The highest BCUT2D eigenvalue weighted by Crippen LogP contribution is 2.13. The molecule has 1 heterocycles. The summed E-state index contributed by atoms with van der Waals surface area (Å²) >= 11 is 5.14. The quantitative estimate of drug-likeness (QED) is 0.503. The zero-order valence-corrected chi connectivity index (χ0v) is 16.7. The third-order valence-corrected chi connectivity index (χ3v) is 3.92. The van der Waals surface area contributed by atoms with Gasteiger partial charge in [-0.3, -0.25) is 20.4 Å². The van der Waals surface area contributed by atoms with Crippen LogP contribution in [0.5, 0.6) is 0 Å². The second kappa shape index (κ2) is 9.43. The Labute approximate surface area is 163 Å². The zero-order valence-electron chi connectivity index (χ0n) is 15.9.